The van der Waals surface area contributed by atoms with Gasteiger partial charge in [0.25, 0.3) is 0 Å². The fourth-order valence-corrected chi connectivity index (χ4v) is 1.51. The third-order valence-corrected chi connectivity index (χ3v) is 2.35. The monoisotopic (exact) mass is 237 g/mol. The minimum atomic E-state index is -0.167. The summed E-state index contributed by atoms with van der Waals surface area (Å²) in [7, 11) is 3.08. The van der Waals surface area contributed by atoms with E-state index < -0.39 is 0 Å². The van der Waals surface area contributed by atoms with Crippen molar-refractivity contribution < 1.29 is 14.3 Å². The van der Waals surface area contributed by atoms with E-state index >= 15 is 0 Å². The third kappa shape index (κ3) is 5.36. The number of carbonyl (C=O) groups is 1. The van der Waals surface area contributed by atoms with E-state index in [-0.39, 0.29) is 5.97 Å². The number of methoxy groups -OCH3 is 2. The quantitative estimate of drug-likeness (QED) is 0.583. The Hall–Kier alpha value is -1.55. The van der Waals surface area contributed by atoms with Gasteiger partial charge in [0.05, 0.1) is 13.7 Å². The van der Waals surface area contributed by atoms with Crippen LogP contribution in [0.1, 0.15) is 18.4 Å². The Balaban J connectivity index is 2.31. The van der Waals surface area contributed by atoms with Gasteiger partial charge in [0.1, 0.15) is 0 Å². The Bertz CT molecular complexity index is 352. The topological polar surface area (TPSA) is 47.6 Å². The van der Waals surface area contributed by atoms with Crippen LogP contribution in [-0.4, -0.2) is 26.7 Å². The van der Waals surface area contributed by atoms with E-state index in [2.05, 4.69) is 10.1 Å². The molecule has 0 fully saturated rings. The van der Waals surface area contributed by atoms with Gasteiger partial charge in [-0.3, -0.25) is 4.79 Å². The highest BCUT2D eigenvalue weighted by atomic mass is 16.5. The summed E-state index contributed by atoms with van der Waals surface area (Å²) in [5, 5.41) is 3.26. The van der Waals surface area contributed by atoms with Crippen LogP contribution in [0.2, 0.25) is 0 Å². The highest BCUT2D eigenvalue weighted by molar-refractivity contribution is 5.69. The van der Waals surface area contributed by atoms with Crippen LogP contribution in [0, 0.1) is 0 Å². The number of anilines is 1. The summed E-state index contributed by atoms with van der Waals surface area (Å²) in [4.78, 5) is 10.9. The van der Waals surface area contributed by atoms with Gasteiger partial charge >= 0.3 is 5.97 Å². The molecule has 1 rings (SSSR count). The lowest BCUT2D eigenvalue weighted by atomic mass is 10.2. The molecule has 0 aliphatic heterocycles. The van der Waals surface area contributed by atoms with Crippen LogP contribution >= 0.6 is 0 Å². The Morgan fingerprint density at radius 2 is 2.18 bits per heavy atom. The van der Waals surface area contributed by atoms with Crippen LogP contribution in [-0.2, 0) is 20.9 Å². The fourth-order valence-electron chi connectivity index (χ4n) is 1.51. The molecular weight excluding hydrogens is 218 g/mol. The first-order valence-corrected chi connectivity index (χ1v) is 5.65. The molecule has 0 amide bonds. The second-order valence-corrected chi connectivity index (χ2v) is 3.74. The van der Waals surface area contributed by atoms with Gasteiger partial charge in [-0.25, -0.2) is 0 Å². The SMILES string of the molecule is COCc1cccc(NCCCC(=O)OC)c1. The van der Waals surface area contributed by atoms with Crippen LogP contribution in [0.25, 0.3) is 0 Å². The number of esters is 1. The van der Waals surface area contributed by atoms with Crippen LogP contribution in [0.4, 0.5) is 5.69 Å². The molecule has 0 heterocycles. The van der Waals surface area contributed by atoms with Crippen LogP contribution in [0.3, 0.4) is 0 Å². The molecule has 0 aliphatic carbocycles. The lowest BCUT2D eigenvalue weighted by Gasteiger charge is -2.07. The van der Waals surface area contributed by atoms with Gasteiger partial charge < -0.3 is 14.8 Å². The molecule has 0 unspecified atom stereocenters. The number of rotatable bonds is 7. The average molecular weight is 237 g/mol. The summed E-state index contributed by atoms with van der Waals surface area (Å²) in [6, 6.07) is 8.04. The molecule has 0 saturated heterocycles. The normalized spacial score (nSPS) is 10.0. The maximum atomic E-state index is 10.9. The fraction of sp³-hybridized carbons (Fsp3) is 0.462. The largest absolute Gasteiger partial charge is 0.469 e. The van der Waals surface area contributed by atoms with Crippen LogP contribution in [0.5, 0.6) is 0 Å². The standard InChI is InChI=1S/C13H19NO3/c1-16-10-11-5-3-6-12(9-11)14-8-4-7-13(15)17-2/h3,5-6,9,14H,4,7-8,10H2,1-2H3. The van der Waals surface area contributed by atoms with E-state index in [1.54, 1.807) is 7.11 Å². The summed E-state index contributed by atoms with van der Waals surface area (Å²) in [6.07, 6.45) is 1.21. The second kappa shape index (κ2) is 7.68. The van der Waals surface area contributed by atoms with Gasteiger partial charge in [0.15, 0.2) is 0 Å². The van der Waals surface area contributed by atoms with Gasteiger partial charge in [0.2, 0.25) is 0 Å². The molecule has 4 heteroatoms. The zero-order valence-corrected chi connectivity index (χ0v) is 10.4. The number of hydrogen-bond acceptors (Lipinski definition) is 4. The Labute approximate surface area is 102 Å². The van der Waals surface area contributed by atoms with Crippen molar-refractivity contribution >= 4 is 11.7 Å². The summed E-state index contributed by atoms with van der Waals surface area (Å²) in [5.41, 5.74) is 2.18. The third-order valence-electron chi connectivity index (χ3n) is 2.35. The van der Waals surface area contributed by atoms with Gasteiger partial charge in [-0.2, -0.15) is 0 Å². The molecular formula is C13H19NO3. The molecule has 0 aromatic heterocycles. The molecule has 4 nitrogen and oxygen atoms in total. The van der Waals surface area contributed by atoms with Crippen molar-refractivity contribution in [2.75, 3.05) is 26.1 Å². The first-order valence-electron chi connectivity index (χ1n) is 5.65. The van der Waals surface area contributed by atoms with Crippen molar-refractivity contribution in [3.05, 3.63) is 29.8 Å². The first kappa shape index (κ1) is 13.5. The lowest BCUT2D eigenvalue weighted by molar-refractivity contribution is -0.140. The maximum Gasteiger partial charge on any atom is 0.305 e. The maximum absolute atomic E-state index is 10.9. The van der Waals surface area contributed by atoms with E-state index in [1.165, 1.54) is 7.11 Å². The average Bonchev–Trinajstić information content (AvgIpc) is 2.35. The predicted octanol–water partition coefficient (Wildman–Crippen LogP) is 2.20. The summed E-state index contributed by atoms with van der Waals surface area (Å²) < 4.78 is 9.64. The number of ether oxygens (including phenoxy) is 2. The number of carbonyl (C=O) groups excluding carboxylic acids is 1. The second-order valence-electron chi connectivity index (χ2n) is 3.74. The van der Waals surface area contributed by atoms with Gasteiger partial charge in [0, 0.05) is 25.8 Å². The number of nitrogens with one attached hydrogen (secondary N) is 1. The molecule has 0 aliphatic rings. The molecule has 0 spiro atoms. The molecule has 0 bridgehead atoms. The van der Waals surface area contributed by atoms with Crippen LogP contribution < -0.4 is 5.32 Å². The van der Waals surface area contributed by atoms with E-state index in [9.17, 15) is 4.79 Å². The van der Waals surface area contributed by atoms with Crippen LogP contribution in [0.15, 0.2) is 24.3 Å². The first-order chi connectivity index (χ1) is 8.26. The summed E-state index contributed by atoms with van der Waals surface area (Å²) in [5.74, 6) is -0.167. The van der Waals surface area contributed by atoms with Gasteiger partial charge in [-0.1, -0.05) is 12.1 Å². The smallest absolute Gasteiger partial charge is 0.305 e. The number of hydrogen-bond donors (Lipinski definition) is 1. The minimum absolute atomic E-state index is 0.167. The molecule has 0 radical (unpaired) electrons. The van der Waals surface area contributed by atoms with Crippen molar-refractivity contribution in [3.63, 3.8) is 0 Å². The Morgan fingerprint density at radius 1 is 1.35 bits per heavy atom. The Morgan fingerprint density at radius 3 is 2.88 bits per heavy atom. The summed E-state index contributed by atoms with van der Waals surface area (Å²) in [6.45, 7) is 1.36. The highest BCUT2D eigenvalue weighted by Gasteiger charge is 1.99. The molecule has 1 aromatic carbocycles. The summed E-state index contributed by atoms with van der Waals surface area (Å²) >= 11 is 0. The molecule has 0 atom stereocenters. The molecule has 94 valence electrons. The number of benzene rings is 1. The van der Waals surface area contributed by atoms with Crippen molar-refractivity contribution in [3.8, 4) is 0 Å². The zero-order chi connectivity index (χ0) is 12.5. The highest BCUT2D eigenvalue weighted by Crippen LogP contribution is 2.11. The Kier molecular flexibility index (Phi) is 6.10. The van der Waals surface area contributed by atoms with E-state index in [4.69, 9.17) is 4.74 Å². The van der Waals surface area contributed by atoms with E-state index in [1.807, 2.05) is 24.3 Å². The zero-order valence-electron chi connectivity index (χ0n) is 10.4. The molecule has 0 saturated carbocycles. The van der Waals surface area contributed by atoms with Gasteiger partial charge in [-0.05, 0) is 24.1 Å². The van der Waals surface area contributed by atoms with Crippen molar-refractivity contribution in [2.45, 2.75) is 19.4 Å². The van der Waals surface area contributed by atoms with Crippen molar-refractivity contribution in [1.82, 2.24) is 0 Å². The molecule has 1 N–H and O–H groups in total. The van der Waals surface area contributed by atoms with Crippen molar-refractivity contribution in [2.24, 2.45) is 0 Å². The lowest BCUT2D eigenvalue weighted by Crippen LogP contribution is -2.06. The van der Waals surface area contributed by atoms with E-state index in [0.717, 1.165) is 24.2 Å². The molecule has 17 heavy (non-hydrogen) atoms. The molecule has 1 aromatic rings. The van der Waals surface area contributed by atoms with Gasteiger partial charge in [-0.15, -0.1) is 0 Å². The predicted molar refractivity (Wildman–Crippen MR) is 66.9 cm³/mol. The van der Waals surface area contributed by atoms with Crippen molar-refractivity contribution in [1.29, 1.82) is 0 Å². The minimum Gasteiger partial charge on any atom is -0.469 e. The van der Waals surface area contributed by atoms with E-state index in [0.29, 0.717) is 13.0 Å².